The van der Waals surface area contributed by atoms with Gasteiger partial charge in [-0.15, -0.1) is 23.5 Å². The number of ether oxygens (including phenoxy) is 6. The Kier molecular flexibility index (Phi) is 34.5. The summed E-state index contributed by atoms with van der Waals surface area (Å²) in [5.41, 5.74) is 6.89. The third kappa shape index (κ3) is 29.0. The van der Waals surface area contributed by atoms with Crippen LogP contribution in [-0.2, 0) is 31.9 Å². The van der Waals surface area contributed by atoms with Crippen molar-refractivity contribution in [3.05, 3.63) is 202 Å². The van der Waals surface area contributed by atoms with Crippen LogP contribution in [0.5, 0.6) is 23.0 Å². The molecule has 0 unspecified atom stereocenters. The van der Waals surface area contributed by atoms with Crippen molar-refractivity contribution in [2.45, 2.75) is 186 Å². The summed E-state index contributed by atoms with van der Waals surface area (Å²) in [5, 5.41) is 0. The Hall–Kier alpha value is -7.68. The summed E-state index contributed by atoms with van der Waals surface area (Å²) in [6, 6.07) is 39.1. The van der Waals surface area contributed by atoms with Crippen molar-refractivity contribution in [2.24, 2.45) is 0 Å². The van der Waals surface area contributed by atoms with Crippen LogP contribution in [0, 0.1) is 13.8 Å². The molecule has 0 saturated carbocycles. The van der Waals surface area contributed by atoms with Crippen LogP contribution in [0.15, 0.2) is 168 Å². The zero-order valence-corrected chi connectivity index (χ0v) is 56.1. The van der Waals surface area contributed by atoms with Gasteiger partial charge in [0.1, 0.15) is 23.0 Å². The van der Waals surface area contributed by atoms with Crippen molar-refractivity contribution in [1.82, 2.24) is 0 Å². The maximum Gasteiger partial charge on any atom is 0.343 e. The molecule has 0 aromatic heterocycles. The minimum absolute atomic E-state index is 0.342. The zero-order chi connectivity index (χ0) is 65.6. The van der Waals surface area contributed by atoms with Crippen LogP contribution in [0.1, 0.15) is 213 Å². The van der Waals surface area contributed by atoms with E-state index in [1.807, 2.05) is 86.6 Å². The third-order valence-corrected chi connectivity index (χ3v) is 17.4. The first-order chi connectivity index (χ1) is 44.0. The molecule has 0 fully saturated rings. The molecule has 0 radical (unpaired) electrons. The summed E-state index contributed by atoms with van der Waals surface area (Å²) in [7, 11) is 0. The van der Waals surface area contributed by atoms with Gasteiger partial charge in [0.25, 0.3) is 0 Å². The van der Waals surface area contributed by atoms with Gasteiger partial charge in [0.15, 0.2) is 0 Å². The number of esters is 6. The molecule has 0 bridgehead atoms. The van der Waals surface area contributed by atoms with Gasteiger partial charge in [0.2, 0.25) is 0 Å². The van der Waals surface area contributed by atoms with Gasteiger partial charge in [0, 0.05) is 20.9 Å². The zero-order valence-electron chi connectivity index (χ0n) is 54.5. The molecule has 6 aromatic carbocycles. The van der Waals surface area contributed by atoms with Crippen LogP contribution in [0.4, 0.5) is 0 Å². The van der Waals surface area contributed by atoms with E-state index in [1.54, 1.807) is 98.0 Å². The second-order valence-corrected chi connectivity index (χ2v) is 25.2. The van der Waals surface area contributed by atoms with Crippen molar-refractivity contribution in [1.29, 1.82) is 0 Å². The van der Waals surface area contributed by atoms with Crippen molar-refractivity contribution >= 4 is 59.3 Å². The first-order valence-electron chi connectivity index (χ1n) is 32.4. The average molecular weight is 1280 g/mol. The predicted octanol–water partition coefficient (Wildman–Crippen LogP) is 19.8. The van der Waals surface area contributed by atoms with Gasteiger partial charge < -0.3 is 28.4 Å². The summed E-state index contributed by atoms with van der Waals surface area (Å²) in [6.45, 7) is 19.6. The number of hydrogen-bond donors (Lipinski definition) is 0. The van der Waals surface area contributed by atoms with E-state index in [1.165, 1.54) is 107 Å². The van der Waals surface area contributed by atoms with Gasteiger partial charge >= 0.3 is 35.8 Å². The SMILES string of the molecule is C=C(C)C(=O)OCCCCSc1ccc(C(=O)Oc2ccc(C(=O)Oc3ccc(CCCCCCCCC)cc3)cc2)cc1C.C=C(C)C(=O)OCCCCSc1ccc(C(=O)Oc2ccc(C(=O)Oc3ccc(CCCCCCCCCC)cc3)cc2)cc1C. The van der Waals surface area contributed by atoms with Crippen molar-refractivity contribution in [3.63, 3.8) is 0 Å². The number of rotatable bonds is 39. The Morgan fingerprint density at radius 1 is 0.352 bits per heavy atom. The Morgan fingerprint density at radius 3 is 0.945 bits per heavy atom. The first-order valence-corrected chi connectivity index (χ1v) is 34.4. The molecule has 0 N–H and O–H groups in total. The number of carbonyl (C=O) groups is 6. The summed E-state index contributed by atoms with van der Waals surface area (Å²) in [4.78, 5) is 75.9. The van der Waals surface area contributed by atoms with E-state index >= 15 is 0 Å². The Bertz CT molecular complexity index is 3240. The monoisotopic (exact) mass is 1270 g/mol. The van der Waals surface area contributed by atoms with Gasteiger partial charge in [-0.05, 0) is 222 Å². The highest BCUT2D eigenvalue weighted by Gasteiger charge is 2.16. The Labute approximate surface area is 549 Å². The minimum Gasteiger partial charge on any atom is -0.462 e. The molecule has 0 amide bonds. The molecular formula is C77H94O12S2. The maximum atomic E-state index is 12.8. The average Bonchev–Trinajstić information content (AvgIpc) is 2.84. The number of hydrogen-bond acceptors (Lipinski definition) is 14. The molecule has 6 aromatic rings. The Morgan fingerprint density at radius 2 is 0.637 bits per heavy atom. The van der Waals surface area contributed by atoms with Crippen molar-refractivity contribution < 1.29 is 57.2 Å². The third-order valence-electron chi connectivity index (χ3n) is 14.8. The number of aryl methyl sites for hydroxylation is 4. The van der Waals surface area contributed by atoms with Crippen molar-refractivity contribution in [3.8, 4) is 23.0 Å². The lowest BCUT2D eigenvalue weighted by Crippen LogP contribution is -2.10. The van der Waals surface area contributed by atoms with Crippen LogP contribution in [0.25, 0.3) is 0 Å². The molecular weight excluding hydrogens is 1180 g/mol. The van der Waals surface area contributed by atoms with Gasteiger partial charge in [-0.2, -0.15) is 0 Å². The molecule has 0 atom stereocenters. The normalized spacial score (nSPS) is 10.7. The van der Waals surface area contributed by atoms with E-state index in [0.717, 1.165) is 70.9 Å². The Balaban J connectivity index is 0.000000331. The molecule has 6 rings (SSSR count). The van der Waals surface area contributed by atoms with Gasteiger partial charge in [0.05, 0.1) is 35.5 Å². The second kappa shape index (κ2) is 42.4. The predicted molar refractivity (Wildman–Crippen MR) is 367 cm³/mol. The fourth-order valence-electron chi connectivity index (χ4n) is 9.40. The molecule has 0 saturated heterocycles. The maximum absolute atomic E-state index is 12.8. The second-order valence-electron chi connectivity index (χ2n) is 22.9. The number of benzene rings is 6. The number of unbranched alkanes of at least 4 members (excludes halogenated alkanes) is 15. The topological polar surface area (TPSA) is 158 Å². The van der Waals surface area contributed by atoms with Crippen LogP contribution >= 0.6 is 23.5 Å². The molecule has 486 valence electrons. The number of carbonyl (C=O) groups excluding carboxylic acids is 6. The molecule has 91 heavy (non-hydrogen) atoms. The van der Waals surface area contributed by atoms with Crippen LogP contribution in [0.2, 0.25) is 0 Å². The quantitative estimate of drug-likeness (QED) is 0.0118. The van der Waals surface area contributed by atoms with E-state index < -0.39 is 23.9 Å². The molecule has 14 heteroatoms. The molecule has 12 nitrogen and oxygen atoms in total. The smallest absolute Gasteiger partial charge is 0.343 e. The lowest BCUT2D eigenvalue weighted by atomic mass is 10.0. The number of thioether (sulfide) groups is 2. The fraction of sp³-hybridized carbons (Fsp3) is 0.403. The van der Waals surface area contributed by atoms with E-state index in [2.05, 4.69) is 27.0 Å². The first kappa shape index (κ1) is 74.1. The lowest BCUT2D eigenvalue weighted by molar-refractivity contribution is -0.139. The van der Waals surface area contributed by atoms with E-state index in [0.29, 0.717) is 69.6 Å². The highest BCUT2D eigenvalue weighted by molar-refractivity contribution is 7.99. The van der Waals surface area contributed by atoms with E-state index in [4.69, 9.17) is 28.4 Å². The highest BCUT2D eigenvalue weighted by Crippen LogP contribution is 2.28. The molecule has 0 aliphatic heterocycles. The van der Waals surface area contributed by atoms with Gasteiger partial charge in [-0.3, -0.25) is 0 Å². The van der Waals surface area contributed by atoms with Crippen molar-refractivity contribution in [2.75, 3.05) is 24.7 Å². The van der Waals surface area contributed by atoms with Gasteiger partial charge in [-0.1, -0.05) is 135 Å². The largest absolute Gasteiger partial charge is 0.462 e. The highest BCUT2D eigenvalue weighted by atomic mass is 32.2. The van der Waals surface area contributed by atoms with E-state index in [-0.39, 0.29) is 11.9 Å². The molecule has 0 aliphatic rings. The molecule has 0 spiro atoms. The van der Waals surface area contributed by atoms with E-state index in [9.17, 15) is 28.8 Å². The van der Waals surface area contributed by atoms with Crippen LogP contribution in [-0.4, -0.2) is 60.5 Å². The van der Waals surface area contributed by atoms with Gasteiger partial charge in [-0.25, -0.2) is 28.8 Å². The lowest BCUT2D eigenvalue weighted by Gasteiger charge is -2.10. The van der Waals surface area contributed by atoms with Crippen LogP contribution < -0.4 is 18.9 Å². The fourth-order valence-corrected chi connectivity index (χ4v) is 11.4. The standard InChI is InChI=1S/C39H48O6S.C38H46O6S/c1-5-6-7-8-9-10-11-12-15-31-16-21-34(22-17-31)44-38(41)32-18-23-35(24-19-32)45-39(42)33-20-25-36(30(4)28-33)46-27-14-13-26-43-37(40)29(2)3;1-5-6-7-8-9-10-11-14-30-15-20-33(21-16-30)43-37(40)31-17-22-34(23-18-31)44-38(41)32-19-24-35(29(4)27-32)45-26-13-12-25-42-36(39)28(2)3/h16-25,28H,2,5-15,26-27H2,1,3-4H3;15-24,27H,2,5-14,25-26H2,1,3-4H3. The molecule has 0 aliphatic carbocycles. The van der Waals surface area contributed by atoms with Crippen LogP contribution in [0.3, 0.4) is 0 Å². The molecule has 0 heterocycles. The summed E-state index contributed by atoms with van der Waals surface area (Å²) in [5.74, 6) is 0.835. The summed E-state index contributed by atoms with van der Waals surface area (Å²) < 4.78 is 32.4. The summed E-state index contributed by atoms with van der Waals surface area (Å²) >= 11 is 3.39. The summed E-state index contributed by atoms with van der Waals surface area (Å²) in [6.07, 6.45) is 24.7. The minimum atomic E-state index is -0.471.